The number of imidazole rings is 1. The number of nitrogens with one attached hydrogen (secondary N) is 1. The molecule has 1 aliphatic rings. The van der Waals surface area contributed by atoms with E-state index in [1.807, 2.05) is 0 Å². The molecule has 2 rings (SSSR count). The average Bonchev–Trinajstić information content (AvgIpc) is 2.47. The highest BCUT2D eigenvalue weighted by molar-refractivity contribution is 5.85. The second-order valence-electron chi connectivity index (χ2n) is 2.69. The Morgan fingerprint density at radius 1 is 1.75 bits per heavy atom. The minimum atomic E-state index is -0.907. The first-order valence-corrected chi connectivity index (χ1v) is 3.77. The van der Waals surface area contributed by atoms with Crippen LogP contribution in [0.15, 0.2) is 6.20 Å². The van der Waals surface area contributed by atoms with E-state index in [1.165, 1.54) is 6.20 Å². The SMILES string of the molecule is O=C(O)c1cnc2n1CCNC2. The zero-order valence-corrected chi connectivity index (χ0v) is 6.45. The van der Waals surface area contributed by atoms with Gasteiger partial charge in [0.05, 0.1) is 12.7 Å². The maximum atomic E-state index is 10.7. The van der Waals surface area contributed by atoms with Gasteiger partial charge in [0.2, 0.25) is 0 Å². The van der Waals surface area contributed by atoms with Gasteiger partial charge in [-0.05, 0) is 0 Å². The summed E-state index contributed by atoms with van der Waals surface area (Å²) in [5.41, 5.74) is 0.284. The molecule has 0 aliphatic carbocycles. The predicted molar refractivity (Wildman–Crippen MR) is 40.9 cm³/mol. The van der Waals surface area contributed by atoms with Crippen LogP contribution in [0.4, 0.5) is 0 Å². The first kappa shape index (κ1) is 7.30. The van der Waals surface area contributed by atoms with Crippen molar-refractivity contribution in [1.29, 1.82) is 0 Å². The van der Waals surface area contributed by atoms with Crippen LogP contribution in [0.1, 0.15) is 16.3 Å². The first-order valence-electron chi connectivity index (χ1n) is 3.77. The number of carboxylic acid groups (broad SMARTS) is 1. The second-order valence-corrected chi connectivity index (χ2v) is 2.69. The lowest BCUT2D eigenvalue weighted by atomic mass is 10.4. The van der Waals surface area contributed by atoms with E-state index < -0.39 is 5.97 Å². The molecule has 1 aromatic rings. The normalized spacial score (nSPS) is 15.7. The van der Waals surface area contributed by atoms with Crippen LogP contribution >= 0.6 is 0 Å². The van der Waals surface area contributed by atoms with Gasteiger partial charge in [-0.25, -0.2) is 9.78 Å². The van der Waals surface area contributed by atoms with Crippen LogP contribution in [0.5, 0.6) is 0 Å². The lowest BCUT2D eigenvalue weighted by Gasteiger charge is -2.15. The molecule has 0 atom stereocenters. The van der Waals surface area contributed by atoms with Crippen molar-refractivity contribution in [3.63, 3.8) is 0 Å². The maximum Gasteiger partial charge on any atom is 0.354 e. The van der Waals surface area contributed by atoms with E-state index in [2.05, 4.69) is 10.3 Å². The third-order valence-corrected chi connectivity index (χ3v) is 1.95. The zero-order valence-electron chi connectivity index (χ0n) is 6.45. The maximum absolute atomic E-state index is 10.7. The highest BCUT2D eigenvalue weighted by Crippen LogP contribution is 2.08. The number of carboxylic acids is 1. The van der Waals surface area contributed by atoms with Gasteiger partial charge < -0.3 is 15.0 Å². The lowest BCUT2D eigenvalue weighted by Crippen LogP contribution is -2.29. The Balaban J connectivity index is 2.44. The molecule has 2 N–H and O–H groups in total. The third kappa shape index (κ3) is 0.984. The van der Waals surface area contributed by atoms with Crippen molar-refractivity contribution >= 4 is 5.97 Å². The number of aromatic nitrogens is 2. The van der Waals surface area contributed by atoms with E-state index in [0.717, 1.165) is 12.4 Å². The number of fused-ring (bicyclic) bond motifs is 1. The Hall–Kier alpha value is -1.36. The van der Waals surface area contributed by atoms with Crippen LogP contribution in [0.2, 0.25) is 0 Å². The van der Waals surface area contributed by atoms with Crippen LogP contribution < -0.4 is 5.32 Å². The van der Waals surface area contributed by atoms with Gasteiger partial charge in [0, 0.05) is 13.1 Å². The fraction of sp³-hybridized carbons (Fsp3) is 0.429. The summed E-state index contributed by atoms with van der Waals surface area (Å²) in [6, 6.07) is 0. The molecule has 0 amide bonds. The van der Waals surface area contributed by atoms with Crippen molar-refractivity contribution in [1.82, 2.24) is 14.9 Å². The second kappa shape index (κ2) is 2.60. The smallest absolute Gasteiger partial charge is 0.354 e. The molecule has 0 unspecified atom stereocenters. The Morgan fingerprint density at radius 2 is 2.58 bits per heavy atom. The largest absolute Gasteiger partial charge is 0.477 e. The Bertz CT molecular complexity index is 318. The number of nitrogens with zero attached hydrogens (tertiary/aromatic N) is 2. The van der Waals surface area contributed by atoms with Crippen LogP contribution in [0, 0.1) is 0 Å². The van der Waals surface area contributed by atoms with Crippen molar-refractivity contribution in [2.24, 2.45) is 0 Å². The number of hydrogen-bond acceptors (Lipinski definition) is 3. The molecule has 0 fully saturated rings. The molecular weight excluding hydrogens is 158 g/mol. The van der Waals surface area contributed by atoms with Crippen LogP contribution in [0.3, 0.4) is 0 Å². The van der Waals surface area contributed by atoms with Gasteiger partial charge >= 0.3 is 5.97 Å². The summed E-state index contributed by atoms with van der Waals surface area (Å²) >= 11 is 0. The monoisotopic (exact) mass is 167 g/mol. The van der Waals surface area contributed by atoms with E-state index in [0.29, 0.717) is 13.1 Å². The summed E-state index contributed by atoms with van der Waals surface area (Å²) in [6.45, 7) is 2.16. The van der Waals surface area contributed by atoms with Crippen molar-refractivity contribution in [3.05, 3.63) is 17.7 Å². The minimum absolute atomic E-state index is 0.284. The van der Waals surface area contributed by atoms with Gasteiger partial charge in [-0.3, -0.25) is 0 Å². The van der Waals surface area contributed by atoms with Crippen molar-refractivity contribution in [2.75, 3.05) is 6.54 Å². The number of hydrogen-bond donors (Lipinski definition) is 2. The molecule has 0 saturated carbocycles. The van der Waals surface area contributed by atoms with Gasteiger partial charge in [-0.15, -0.1) is 0 Å². The Kier molecular flexibility index (Phi) is 1.58. The van der Waals surface area contributed by atoms with E-state index >= 15 is 0 Å². The quantitative estimate of drug-likeness (QED) is 0.601. The molecule has 1 aliphatic heterocycles. The predicted octanol–water partition coefficient (Wildman–Crippen LogP) is -0.316. The molecule has 5 heteroatoms. The summed E-state index contributed by atoms with van der Waals surface area (Å²) in [7, 11) is 0. The van der Waals surface area contributed by atoms with E-state index in [1.54, 1.807) is 4.57 Å². The third-order valence-electron chi connectivity index (χ3n) is 1.95. The van der Waals surface area contributed by atoms with Gasteiger partial charge in [0.1, 0.15) is 11.5 Å². The highest BCUT2D eigenvalue weighted by atomic mass is 16.4. The fourth-order valence-corrected chi connectivity index (χ4v) is 1.37. The molecule has 0 aromatic carbocycles. The minimum Gasteiger partial charge on any atom is -0.477 e. The highest BCUT2D eigenvalue weighted by Gasteiger charge is 2.17. The summed E-state index contributed by atoms with van der Waals surface area (Å²) in [5, 5.41) is 11.9. The molecule has 2 heterocycles. The fourth-order valence-electron chi connectivity index (χ4n) is 1.37. The van der Waals surface area contributed by atoms with E-state index in [-0.39, 0.29) is 5.69 Å². The van der Waals surface area contributed by atoms with Crippen molar-refractivity contribution in [2.45, 2.75) is 13.1 Å². The zero-order chi connectivity index (χ0) is 8.55. The van der Waals surface area contributed by atoms with Gasteiger partial charge in [0.15, 0.2) is 0 Å². The molecule has 0 bridgehead atoms. The Labute approximate surface area is 69.0 Å². The molecule has 12 heavy (non-hydrogen) atoms. The number of rotatable bonds is 1. The first-order chi connectivity index (χ1) is 5.79. The molecular formula is C7H9N3O2. The van der Waals surface area contributed by atoms with Crippen molar-refractivity contribution < 1.29 is 9.90 Å². The Morgan fingerprint density at radius 3 is 3.33 bits per heavy atom. The number of carbonyl (C=O) groups is 1. The summed E-state index contributed by atoms with van der Waals surface area (Å²) in [5.74, 6) is -0.103. The van der Waals surface area contributed by atoms with E-state index in [4.69, 9.17) is 5.11 Å². The van der Waals surface area contributed by atoms with E-state index in [9.17, 15) is 4.79 Å². The van der Waals surface area contributed by atoms with Gasteiger partial charge in [-0.1, -0.05) is 0 Å². The summed E-state index contributed by atoms with van der Waals surface area (Å²) < 4.78 is 1.73. The summed E-state index contributed by atoms with van der Waals surface area (Å²) in [6.07, 6.45) is 1.41. The van der Waals surface area contributed by atoms with Crippen LogP contribution in [0.25, 0.3) is 0 Å². The van der Waals surface area contributed by atoms with Crippen LogP contribution in [-0.4, -0.2) is 27.2 Å². The topological polar surface area (TPSA) is 67.1 Å². The molecule has 1 aromatic heterocycles. The van der Waals surface area contributed by atoms with Crippen LogP contribution in [-0.2, 0) is 13.1 Å². The molecule has 0 radical (unpaired) electrons. The molecule has 64 valence electrons. The lowest BCUT2D eigenvalue weighted by molar-refractivity contribution is 0.0684. The molecule has 0 spiro atoms. The summed E-state index contributed by atoms with van der Waals surface area (Å²) in [4.78, 5) is 14.7. The van der Waals surface area contributed by atoms with Gasteiger partial charge in [-0.2, -0.15) is 0 Å². The average molecular weight is 167 g/mol. The molecule has 0 saturated heterocycles. The molecule has 5 nitrogen and oxygen atoms in total. The number of aromatic carboxylic acids is 1. The standard InChI is InChI=1S/C7H9N3O2/c11-7(12)5-3-9-6-4-8-1-2-10(5)6/h3,8H,1-2,4H2,(H,11,12). The van der Waals surface area contributed by atoms with Crippen molar-refractivity contribution in [3.8, 4) is 0 Å². The van der Waals surface area contributed by atoms with Gasteiger partial charge in [0.25, 0.3) is 0 Å².